The Morgan fingerprint density at radius 3 is 2.59 bits per heavy atom. The molecule has 4 rings (SSSR count). The molecule has 29 heavy (non-hydrogen) atoms. The highest BCUT2D eigenvalue weighted by Gasteiger charge is 2.14. The topological polar surface area (TPSA) is 79.8 Å². The van der Waals surface area contributed by atoms with Gasteiger partial charge in [0.25, 0.3) is 11.5 Å². The number of carbonyl (C=O) groups is 1. The maximum atomic E-state index is 12.6. The van der Waals surface area contributed by atoms with Crippen molar-refractivity contribution in [2.24, 2.45) is 0 Å². The van der Waals surface area contributed by atoms with E-state index in [0.717, 1.165) is 22.3 Å². The second-order valence-electron chi connectivity index (χ2n) is 7.07. The monoisotopic (exact) mass is 386 g/mol. The Labute approximate surface area is 168 Å². The molecule has 0 bridgehead atoms. The van der Waals surface area contributed by atoms with Gasteiger partial charge in [-0.15, -0.1) is 0 Å². The molecular weight excluding hydrogens is 364 g/mol. The minimum absolute atomic E-state index is 0.251. The zero-order valence-corrected chi connectivity index (χ0v) is 16.4. The number of nitrogens with zero attached hydrogens (tertiary/aromatic N) is 2. The molecule has 0 unspecified atom stereocenters. The highest BCUT2D eigenvalue weighted by molar-refractivity contribution is 5.96. The van der Waals surface area contributed by atoms with Crippen LogP contribution in [0.5, 0.6) is 0 Å². The number of carbonyl (C=O) groups excluding carboxylic acids is 1. The van der Waals surface area contributed by atoms with Crippen LogP contribution < -0.4 is 10.9 Å². The summed E-state index contributed by atoms with van der Waals surface area (Å²) in [5, 5.41) is 8.83. The lowest BCUT2D eigenvalue weighted by Gasteiger charge is -2.08. The molecule has 2 N–H and O–H groups in total. The third kappa shape index (κ3) is 3.82. The molecule has 6 heteroatoms. The van der Waals surface area contributed by atoms with Crippen molar-refractivity contribution in [2.75, 3.05) is 0 Å². The second-order valence-corrected chi connectivity index (χ2v) is 7.07. The Hall–Kier alpha value is -3.67. The summed E-state index contributed by atoms with van der Waals surface area (Å²) in [4.78, 5) is 27.5. The number of fused-ring (bicyclic) bond motifs is 1. The number of hydrogen-bond donors (Lipinski definition) is 2. The first kappa shape index (κ1) is 18.7. The molecule has 1 amide bonds. The first-order valence-corrected chi connectivity index (χ1v) is 9.50. The van der Waals surface area contributed by atoms with Crippen molar-refractivity contribution in [2.45, 2.75) is 26.9 Å². The molecule has 6 nitrogen and oxygen atoms in total. The van der Waals surface area contributed by atoms with Gasteiger partial charge in [0.15, 0.2) is 0 Å². The van der Waals surface area contributed by atoms with Gasteiger partial charge in [0.05, 0.1) is 12.2 Å². The molecule has 0 aliphatic heterocycles. The molecule has 2 aromatic heterocycles. The number of aromatic nitrogens is 3. The summed E-state index contributed by atoms with van der Waals surface area (Å²) in [6.45, 7) is 4.97. The molecule has 2 heterocycles. The van der Waals surface area contributed by atoms with Crippen LogP contribution >= 0.6 is 0 Å². The lowest BCUT2D eigenvalue weighted by atomic mass is 10.1. The largest absolute Gasteiger partial charge is 0.347 e. The Morgan fingerprint density at radius 1 is 1.07 bits per heavy atom. The highest BCUT2D eigenvalue weighted by atomic mass is 16.2. The van der Waals surface area contributed by atoms with Crippen LogP contribution in [0.15, 0.2) is 65.5 Å². The maximum absolute atomic E-state index is 12.6. The molecule has 0 radical (unpaired) electrons. The molecule has 0 saturated carbocycles. The number of rotatable bonds is 5. The highest BCUT2D eigenvalue weighted by Crippen LogP contribution is 2.15. The average molecular weight is 386 g/mol. The van der Waals surface area contributed by atoms with Crippen molar-refractivity contribution < 1.29 is 4.79 Å². The minimum Gasteiger partial charge on any atom is -0.347 e. The van der Waals surface area contributed by atoms with Crippen molar-refractivity contribution in [1.82, 2.24) is 20.1 Å². The molecule has 4 aromatic rings. The van der Waals surface area contributed by atoms with Crippen LogP contribution in [-0.4, -0.2) is 20.7 Å². The molecule has 0 aliphatic rings. The first-order chi connectivity index (χ1) is 14.0. The summed E-state index contributed by atoms with van der Waals surface area (Å²) in [5.74, 6) is -0.317. The number of nitrogens with one attached hydrogen (secondary N) is 2. The van der Waals surface area contributed by atoms with E-state index in [-0.39, 0.29) is 17.2 Å². The van der Waals surface area contributed by atoms with Gasteiger partial charge < -0.3 is 10.3 Å². The van der Waals surface area contributed by atoms with E-state index in [1.54, 1.807) is 18.2 Å². The van der Waals surface area contributed by atoms with E-state index in [9.17, 15) is 9.59 Å². The molecular formula is C23H22N4O2. The third-order valence-electron chi connectivity index (χ3n) is 5.13. The van der Waals surface area contributed by atoms with Gasteiger partial charge in [0, 0.05) is 23.2 Å². The lowest BCUT2D eigenvalue weighted by molar-refractivity contribution is 0.0946. The fraction of sp³-hybridized carbons (Fsp3) is 0.174. The van der Waals surface area contributed by atoms with Crippen molar-refractivity contribution in [3.63, 3.8) is 0 Å². The van der Waals surface area contributed by atoms with E-state index in [1.165, 1.54) is 5.56 Å². The normalized spacial score (nSPS) is 11.0. The van der Waals surface area contributed by atoms with Crippen molar-refractivity contribution in [3.8, 4) is 0 Å². The van der Waals surface area contributed by atoms with Gasteiger partial charge in [-0.1, -0.05) is 48.5 Å². The molecule has 2 aromatic carbocycles. The number of amides is 1. The van der Waals surface area contributed by atoms with Crippen LogP contribution in [0.3, 0.4) is 0 Å². The summed E-state index contributed by atoms with van der Waals surface area (Å²) in [7, 11) is 0. The zero-order valence-electron chi connectivity index (χ0n) is 16.4. The van der Waals surface area contributed by atoms with Crippen LogP contribution in [0.25, 0.3) is 10.8 Å². The SMILES string of the molecule is Cc1nn(Cc2ccccc2)c(C)c1CNC(=O)c1cc2ccccc2c(=O)[nH]1. The Balaban J connectivity index is 1.52. The second kappa shape index (κ2) is 7.75. The number of pyridine rings is 1. The quantitative estimate of drug-likeness (QED) is 0.552. The summed E-state index contributed by atoms with van der Waals surface area (Å²) in [6, 6.07) is 19.0. The van der Waals surface area contributed by atoms with Crippen LogP contribution in [0.2, 0.25) is 0 Å². The summed E-state index contributed by atoms with van der Waals surface area (Å²) >= 11 is 0. The minimum atomic E-state index is -0.317. The van der Waals surface area contributed by atoms with Crippen molar-refractivity contribution >= 4 is 16.7 Å². The first-order valence-electron chi connectivity index (χ1n) is 9.50. The number of benzene rings is 2. The molecule has 0 atom stereocenters. The van der Waals surface area contributed by atoms with Gasteiger partial charge in [0.1, 0.15) is 5.69 Å². The van der Waals surface area contributed by atoms with Crippen LogP contribution in [-0.2, 0) is 13.1 Å². The third-order valence-corrected chi connectivity index (χ3v) is 5.13. The van der Waals surface area contributed by atoms with Crippen molar-refractivity contribution in [1.29, 1.82) is 0 Å². The average Bonchev–Trinajstić information content (AvgIpc) is 2.99. The predicted molar refractivity (Wildman–Crippen MR) is 113 cm³/mol. The van der Waals surface area contributed by atoms with Crippen LogP contribution in [0.4, 0.5) is 0 Å². The molecule has 146 valence electrons. The van der Waals surface area contributed by atoms with E-state index < -0.39 is 0 Å². The fourth-order valence-electron chi connectivity index (χ4n) is 3.50. The van der Waals surface area contributed by atoms with E-state index in [0.29, 0.717) is 18.5 Å². The Bertz CT molecular complexity index is 1240. The smallest absolute Gasteiger partial charge is 0.268 e. The maximum Gasteiger partial charge on any atom is 0.268 e. The summed E-state index contributed by atoms with van der Waals surface area (Å²) in [5.41, 5.74) is 4.03. The molecule has 0 spiro atoms. The fourth-order valence-corrected chi connectivity index (χ4v) is 3.50. The summed E-state index contributed by atoms with van der Waals surface area (Å²) in [6.07, 6.45) is 0. The van der Waals surface area contributed by atoms with E-state index in [4.69, 9.17) is 0 Å². The lowest BCUT2D eigenvalue weighted by Crippen LogP contribution is -2.26. The molecule has 0 fully saturated rings. The number of aromatic amines is 1. The van der Waals surface area contributed by atoms with Gasteiger partial charge in [-0.2, -0.15) is 5.10 Å². The van der Waals surface area contributed by atoms with Crippen molar-refractivity contribution in [3.05, 3.63) is 99.2 Å². The predicted octanol–water partition coefficient (Wildman–Crippen LogP) is 3.32. The van der Waals surface area contributed by atoms with Gasteiger partial charge in [-0.3, -0.25) is 14.3 Å². The van der Waals surface area contributed by atoms with Gasteiger partial charge in [-0.25, -0.2) is 0 Å². The number of hydrogen-bond acceptors (Lipinski definition) is 3. The molecule has 0 aliphatic carbocycles. The zero-order chi connectivity index (χ0) is 20.4. The van der Waals surface area contributed by atoms with Crippen LogP contribution in [0.1, 0.15) is 33.0 Å². The van der Waals surface area contributed by atoms with Gasteiger partial charge in [0.2, 0.25) is 0 Å². The Morgan fingerprint density at radius 2 is 1.79 bits per heavy atom. The van der Waals surface area contributed by atoms with Crippen LogP contribution in [0, 0.1) is 13.8 Å². The van der Waals surface area contributed by atoms with E-state index >= 15 is 0 Å². The standard InChI is InChI=1S/C23H22N4O2/c1-15-20(16(2)27(26-15)14-17-8-4-3-5-9-17)13-24-23(29)21-12-18-10-6-7-11-19(18)22(28)25-21/h3-12H,13-14H2,1-2H3,(H,24,29)(H,25,28). The number of aryl methyl sites for hydroxylation is 1. The van der Waals surface area contributed by atoms with Gasteiger partial charge in [-0.05, 0) is 36.9 Å². The Kier molecular flexibility index (Phi) is 4.99. The van der Waals surface area contributed by atoms with Gasteiger partial charge >= 0.3 is 0 Å². The number of H-pyrrole nitrogens is 1. The summed E-state index contributed by atoms with van der Waals surface area (Å²) < 4.78 is 1.95. The van der Waals surface area contributed by atoms with E-state index in [2.05, 4.69) is 27.5 Å². The van der Waals surface area contributed by atoms with E-state index in [1.807, 2.05) is 48.9 Å². The molecule has 0 saturated heterocycles.